The first-order chi connectivity index (χ1) is 11.5. The van der Waals surface area contributed by atoms with Crippen molar-refractivity contribution in [3.05, 3.63) is 48.5 Å². The summed E-state index contributed by atoms with van der Waals surface area (Å²) in [6.45, 7) is 1.38. The molecule has 24 heavy (non-hydrogen) atoms. The highest BCUT2D eigenvalue weighted by molar-refractivity contribution is 6.43. The average Bonchev–Trinajstić information content (AvgIpc) is 2.55. The first kappa shape index (κ1) is 17.0. The minimum atomic E-state index is -0.814. The number of benzene rings is 2. The van der Waals surface area contributed by atoms with E-state index in [1.807, 2.05) is 0 Å². The second-order valence-electron chi connectivity index (χ2n) is 4.90. The maximum absolute atomic E-state index is 11.9. The van der Waals surface area contributed by atoms with Crippen LogP contribution < -0.4 is 20.7 Å². The molecule has 0 unspecified atom stereocenters. The minimum absolute atomic E-state index is 0.226. The van der Waals surface area contributed by atoms with Gasteiger partial charge in [0.1, 0.15) is 5.75 Å². The van der Waals surface area contributed by atoms with Crippen LogP contribution >= 0.6 is 0 Å². The van der Waals surface area contributed by atoms with Crippen molar-refractivity contribution >= 4 is 34.8 Å². The van der Waals surface area contributed by atoms with E-state index < -0.39 is 11.8 Å². The number of hydrogen-bond acceptors (Lipinski definition) is 4. The van der Waals surface area contributed by atoms with Gasteiger partial charge in [0.05, 0.1) is 7.11 Å². The Labute approximate surface area is 139 Å². The summed E-state index contributed by atoms with van der Waals surface area (Å²) in [4.78, 5) is 34.9. The molecule has 3 N–H and O–H groups in total. The van der Waals surface area contributed by atoms with Crippen LogP contribution in [0.3, 0.4) is 0 Å². The van der Waals surface area contributed by atoms with Gasteiger partial charge in [-0.25, -0.2) is 0 Å². The van der Waals surface area contributed by atoms with Gasteiger partial charge in [-0.3, -0.25) is 14.4 Å². The number of rotatable bonds is 4. The van der Waals surface area contributed by atoms with E-state index >= 15 is 0 Å². The third kappa shape index (κ3) is 4.84. The summed E-state index contributed by atoms with van der Waals surface area (Å²) in [6.07, 6.45) is 0. The van der Waals surface area contributed by atoms with Crippen LogP contribution in [0, 0.1) is 0 Å². The van der Waals surface area contributed by atoms with Gasteiger partial charge in [-0.1, -0.05) is 6.07 Å². The Balaban J connectivity index is 1.98. The van der Waals surface area contributed by atoms with E-state index in [1.165, 1.54) is 14.0 Å². The van der Waals surface area contributed by atoms with Gasteiger partial charge in [-0.05, 0) is 42.5 Å². The van der Waals surface area contributed by atoms with Crippen LogP contribution in [-0.4, -0.2) is 24.8 Å². The second kappa shape index (κ2) is 7.77. The number of anilines is 3. The zero-order valence-corrected chi connectivity index (χ0v) is 13.3. The molecule has 0 aliphatic carbocycles. The predicted octanol–water partition coefficient (Wildman–Crippen LogP) is 2.23. The second-order valence-corrected chi connectivity index (χ2v) is 4.90. The maximum atomic E-state index is 11.9. The fourth-order valence-electron chi connectivity index (χ4n) is 1.93. The lowest BCUT2D eigenvalue weighted by atomic mass is 10.2. The number of amides is 3. The molecular weight excluding hydrogens is 310 g/mol. The van der Waals surface area contributed by atoms with Gasteiger partial charge in [0, 0.05) is 24.0 Å². The maximum Gasteiger partial charge on any atom is 0.314 e. The fraction of sp³-hybridized carbons (Fsp3) is 0.118. The molecule has 7 nitrogen and oxygen atoms in total. The summed E-state index contributed by atoms with van der Waals surface area (Å²) in [5, 5.41) is 7.55. The van der Waals surface area contributed by atoms with Crippen LogP contribution in [0.4, 0.5) is 17.1 Å². The van der Waals surface area contributed by atoms with Crippen molar-refractivity contribution in [3.8, 4) is 5.75 Å². The predicted molar refractivity (Wildman–Crippen MR) is 91.0 cm³/mol. The van der Waals surface area contributed by atoms with Crippen LogP contribution in [0.15, 0.2) is 48.5 Å². The largest absolute Gasteiger partial charge is 0.497 e. The summed E-state index contributed by atoms with van der Waals surface area (Å²) >= 11 is 0. The van der Waals surface area contributed by atoms with Crippen LogP contribution in [0.1, 0.15) is 6.92 Å². The van der Waals surface area contributed by atoms with E-state index in [9.17, 15) is 14.4 Å². The summed E-state index contributed by atoms with van der Waals surface area (Å²) in [5.41, 5.74) is 1.40. The van der Waals surface area contributed by atoms with E-state index in [4.69, 9.17) is 4.74 Å². The van der Waals surface area contributed by atoms with Crippen molar-refractivity contribution < 1.29 is 19.1 Å². The molecule has 7 heteroatoms. The van der Waals surface area contributed by atoms with Gasteiger partial charge < -0.3 is 20.7 Å². The van der Waals surface area contributed by atoms with Crippen LogP contribution in [0.5, 0.6) is 5.75 Å². The van der Waals surface area contributed by atoms with Crippen LogP contribution in [0.25, 0.3) is 0 Å². The Morgan fingerprint density at radius 2 is 1.33 bits per heavy atom. The van der Waals surface area contributed by atoms with Crippen molar-refractivity contribution in [2.45, 2.75) is 6.92 Å². The number of carbonyl (C=O) groups excluding carboxylic acids is 3. The highest BCUT2D eigenvalue weighted by atomic mass is 16.5. The van der Waals surface area contributed by atoms with Crippen molar-refractivity contribution in [1.82, 2.24) is 0 Å². The third-order valence-corrected chi connectivity index (χ3v) is 2.99. The van der Waals surface area contributed by atoms with Gasteiger partial charge in [-0.2, -0.15) is 0 Å². The molecule has 0 aromatic heterocycles. The molecule has 0 saturated carbocycles. The summed E-state index contributed by atoms with van der Waals surface area (Å²) < 4.78 is 5.02. The summed E-state index contributed by atoms with van der Waals surface area (Å²) in [5.74, 6) is -1.20. The van der Waals surface area contributed by atoms with Crippen molar-refractivity contribution in [1.29, 1.82) is 0 Å². The highest BCUT2D eigenvalue weighted by Crippen LogP contribution is 2.16. The van der Waals surface area contributed by atoms with Crippen LogP contribution in [-0.2, 0) is 14.4 Å². The quantitative estimate of drug-likeness (QED) is 0.750. The van der Waals surface area contributed by atoms with E-state index in [1.54, 1.807) is 48.5 Å². The molecule has 0 atom stereocenters. The molecule has 0 bridgehead atoms. The Bertz CT molecular complexity index is 757. The topological polar surface area (TPSA) is 96.5 Å². The number of nitrogens with one attached hydrogen (secondary N) is 3. The Morgan fingerprint density at radius 3 is 1.88 bits per heavy atom. The molecule has 3 amide bonds. The highest BCUT2D eigenvalue weighted by Gasteiger charge is 2.14. The van der Waals surface area contributed by atoms with Crippen molar-refractivity contribution in [3.63, 3.8) is 0 Å². The Morgan fingerprint density at radius 1 is 0.792 bits per heavy atom. The SMILES string of the molecule is COc1ccc(NC(=O)C(=O)Nc2cccc(NC(C)=O)c2)cc1. The number of carbonyl (C=O) groups is 3. The van der Waals surface area contributed by atoms with E-state index in [0.29, 0.717) is 22.8 Å². The van der Waals surface area contributed by atoms with E-state index in [2.05, 4.69) is 16.0 Å². The van der Waals surface area contributed by atoms with Crippen LogP contribution in [0.2, 0.25) is 0 Å². The zero-order valence-electron chi connectivity index (χ0n) is 13.3. The molecule has 0 aliphatic heterocycles. The number of hydrogen-bond donors (Lipinski definition) is 3. The molecule has 0 heterocycles. The average molecular weight is 327 g/mol. The van der Waals surface area contributed by atoms with Gasteiger partial charge in [0.15, 0.2) is 0 Å². The first-order valence-electron chi connectivity index (χ1n) is 7.12. The van der Waals surface area contributed by atoms with Crippen molar-refractivity contribution in [2.75, 3.05) is 23.1 Å². The molecule has 0 spiro atoms. The van der Waals surface area contributed by atoms with Gasteiger partial charge in [-0.15, -0.1) is 0 Å². The lowest BCUT2D eigenvalue weighted by Gasteiger charge is -2.09. The monoisotopic (exact) mass is 327 g/mol. The van der Waals surface area contributed by atoms with E-state index in [-0.39, 0.29) is 5.91 Å². The lowest BCUT2D eigenvalue weighted by Crippen LogP contribution is -2.29. The lowest BCUT2D eigenvalue weighted by molar-refractivity contribution is -0.132. The van der Waals surface area contributed by atoms with Crippen molar-refractivity contribution in [2.24, 2.45) is 0 Å². The smallest absolute Gasteiger partial charge is 0.314 e. The van der Waals surface area contributed by atoms with Gasteiger partial charge >= 0.3 is 11.8 Å². The molecule has 2 aromatic carbocycles. The molecule has 0 radical (unpaired) electrons. The molecular formula is C17H17N3O4. The van der Waals surface area contributed by atoms with Gasteiger partial charge in [0.25, 0.3) is 0 Å². The third-order valence-electron chi connectivity index (χ3n) is 2.99. The Hall–Kier alpha value is -3.35. The molecule has 0 saturated heterocycles. The van der Waals surface area contributed by atoms with E-state index in [0.717, 1.165) is 0 Å². The molecule has 0 aliphatic rings. The minimum Gasteiger partial charge on any atom is -0.497 e. The zero-order chi connectivity index (χ0) is 17.5. The number of methoxy groups -OCH3 is 1. The molecule has 124 valence electrons. The standard InChI is InChI=1S/C17H17N3O4/c1-11(21)18-13-4-3-5-14(10-13)20-17(23)16(22)19-12-6-8-15(24-2)9-7-12/h3-10H,1-2H3,(H,18,21)(H,19,22)(H,20,23). The Kier molecular flexibility index (Phi) is 5.51. The normalized spacial score (nSPS) is 9.75. The summed E-state index contributed by atoms with van der Waals surface area (Å²) in [6, 6.07) is 13.1. The van der Waals surface area contributed by atoms with Gasteiger partial charge in [0.2, 0.25) is 5.91 Å². The molecule has 2 rings (SSSR count). The fourth-order valence-corrected chi connectivity index (χ4v) is 1.93. The first-order valence-corrected chi connectivity index (χ1v) is 7.12. The summed E-state index contributed by atoms with van der Waals surface area (Å²) in [7, 11) is 1.54. The molecule has 0 fully saturated rings. The molecule has 2 aromatic rings. The number of ether oxygens (including phenoxy) is 1.